The highest BCUT2D eigenvalue weighted by Gasteiger charge is 2.33. The van der Waals surface area contributed by atoms with E-state index in [-0.39, 0.29) is 5.92 Å². The van der Waals surface area contributed by atoms with Gasteiger partial charge in [-0.1, -0.05) is 42.3 Å². The number of rotatable bonds is 1. The lowest BCUT2D eigenvalue weighted by Gasteiger charge is -2.25. The molecule has 11 heavy (non-hydrogen) atoms. The van der Waals surface area contributed by atoms with Gasteiger partial charge in [-0.05, 0) is 6.08 Å². The molecule has 1 unspecified atom stereocenters. The van der Waals surface area contributed by atoms with Crippen molar-refractivity contribution in [3.05, 3.63) is 23.8 Å². The Morgan fingerprint density at radius 1 is 1.64 bits per heavy atom. The highest BCUT2D eigenvalue weighted by atomic mass is 35.5. The Morgan fingerprint density at radius 3 is 2.73 bits per heavy atom. The normalized spacial score (nSPS) is 27.9. The van der Waals surface area contributed by atoms with Crippen molar-refractivity contribution in [1.29, 1.82) is 0 Å². The molecule has 0 aromatic carbocycles. The molecule has 0 heterocycles. The second kappa shape index (κ2) is 3.00. The van der Waals surface area contributed by atoms with Crippen molar-refractivity contribution < 1.29 is 4.79 Å². The Bertz CT molecular complexity index is 228. The van der Waals surface area contributed by atoms with Crippen LogP contribution in [0.1, 0.15) is 6.92 Å². The fourth-order valence-corrected chi connectivity index (χ4v) is 1.28. The third-order valence-corrected chi connectivity index (χ3v) is 2.66. The van der Waals surface area contributed by atoms with Crippen molar-refractivity contribution in [3.63, 3.8) is 0 Å². The van der Waals surface area contributed by atoms with E-state index >= 15 is 0 Å². The molecule has 0 bridgehead atoms. The zero-order valence-corrected chi connectivity index (χ0v) is 7.49. The summed E-state index contributed by atoms with van der Waals surface area (Å²) in [6, 6.07) is 0. The second-order valence-electron chi connectivity index (χ2n) is 2.48. The smallest absolute Gasteiger partial charge is 0.229 e. The van der Waals surface area contributed by atoms with Crippen LogP contribution < -0.4 is 0 Å². The second-order valence-corrected chi connectivity index (χ2v) is 3.92. The molecule has 1 rings (SSSR count). The van der Waals surface area contributed by atoms with E-state index in [1.807, 2.05) is 0 Å². The number of halogens is 2. The summed E-state index contributed by atoms with van der Waals surface area (Å²) in [7, 11) is 0. The van der Waals surface area contributed by atoms with Crippen molar-refractivity contribution in [2.24, 2.45) is 5.92 Å². The van der Waals surface area contributed by atoms with Crippen molar-refractivity contribution >= 4 is 29.5 Å². The predicted octanol–water partition coefficient (Wildman–Crippen LogP) is 2.40. The first-order chi connectivity index (χ1) is 5.08. The molecule has 1 radical (unpaired) electrons. The fraction of sp³-hybridized carbons (Fsp3) is 0.375. The minimum absolute atomic E-state index is 0.187. The average molecular weight is 190 g/mol. The maximum Gasteiger partial charge on any atom is 0.229 e. The Balaban J connectivity index is 2.94. The van der Waals surface area contributed by atoms with Gasteiger partial charge in [0.2, 0.25) is 6.29 Å². The molecule has 0 N–H and O–H groups in total. The molecular weight excluding hydrogens is 183 g/mol. The quantitative estimate of drug-likeness (QED) is 0.580. The molecule has 1 aliphatic carbocycles. The molecule has 59 valence electrons. The van der Waals surface area contributed by atoms with E-state index in [0.29, 0.717) is 5.57 Å². The molecule has 0 aromatic rings. The first-order valence-corrected chi connectivity index (χ1v) is 3.99. The summed E-state index contributed by atoms with van der Waals surface area (Å²) in [5, 5.41) is 0. The van der Waals surface area contributed by atoms with Crippen LogP contribution in [0.15, 0.2) is 23.8 Å². The van der Waals surface area contributed by atoms with Gasteiger partial charge in [-0.15, -0.1) is 0 Å². The van der Waals surface area contributed by atoms with Crippen molar-refractivity contribution in [1.82, 2.24) is 0 Å². The minimum atomic E-state index is -0.957. The van der Waals surface area contributed by atoms with Crippen LogP contribution in [-0.4, -0.2) is 10.6 Å². The maximum atomic E-state index is 10.3. The third kappa shape index (κ3) is 1.66. The van der Waals surface area contributed by atoms with Gasteiger partial charge >= 0.3 is 0 Å². The predicted molar refractivity (Wildman–Crippen MR) is 46.5 cm³/mol. The summed E-state index contributed by atoms with van der Waals surface area (Å²) in [5.41, 5.74) is 0.512. The van der Waals surface area contributed by atoms with Gasteiger partial charge < -0.3 is 0 Å². The third-order valence-electron chi connectivity index (χ3n) is 1.76. The lowest BCUT2D eigenvalue weighted by Crippen LogP contribution is -2.25. The van der Waals surface area contributed by atoms with E-state index in [4.69, 9.17) is 23.2 Å². The van der Waals surface area contributed by atoms with Crippen LogP contribution in [0, 0.1) is 5.92 Å². The van der Waals surface area contributed by atoms with E-state index < -0.39 is 4.33 Å². The topological polar surface area (TPSA) is 17.1 Å². The van der Waals surface area contributed by atoms with Crippen molar-refractivity contribution in [2.75, 3.05) is 0 Å². The maximum absolute atomic E-state index is 10.3. The summed E-state index contributed by atoms with van der Waals surface area (Å²) in [4.78, 5) is 10.3. The highest BCUT2D eigenvalue weighted by molar-refractivity contribution is 6.50. The van der Waals surface area contributed by atoms with Gasteiger partial charge in [0.25, 0.3) is 0 Å². The summed E-state index contributed by atoms with van der Waals surface area (Å²) in [5.74, 6) is -0.187. The summed E-state index contributed by atoms with van der Waals surface area (Å²) >= 11 is 11.7. The molecule has 3 heteroatoms. The molecule has 0 saturated heterocycles. The molecule has 0 aliphatic heterocycles. The summed E-state index contributed by atoms with van der Waals surface area (Å²) in [6.45, 7) is 1.79. The molecule has 0 fully saturated rings. The fourth-order valence-electron chi connectivity index (χ4n) is 0.898. The van der Waals surface area contributed by atoms with Gasteiger partial charge in [-0.3, -0.25) is 4.79 Å². The lowest BCUT2D eigenvalue weighted by molar-refractivity contribution is 0.550. The van der Waals surface area contributed by atoms with Gasteiger partial charge in [-0.2, -0.15) is 0 Å². The van der Waals surface area contributed by atoms with Crippen LogP contribution in [0.2, 0.25) is 0 Å². The van der Waals surface area contributed by atoms with E-state index in [1.165, 1.54) is 0 Å². The summed E-state index contributed by atoms with van der Waals surface area (Å²) in [6.07, 6.45) is 6.79. The number of hydrogen-bond acceptors (Lipinski definition) is 1. The highest BCUT2D eigenvalue weighted by Crippen LogP contribution is 2.38. The van der Waals surface area contributed by atoms with Crippen molar-refractivity contribution in [2.45, 2.75) is 11.3 Å². The Hall–Kier alpha value is -0.270. The van der Waals surface area contributed by atoms with Crippen LogP contribution in [-0.2, 0) is 4.79 Å². The molecule has 0 spiro atoms. The number of allylic oxidation sites excluding steroid dienone is 4. The zero-order valence-electron chi connectivity index (χ0n) is 5.97. The Kier molecular flexibility index (Phi) is 2.40. The van der Waals surface area contributed by atoms with Crippen LogP contribution in [0.5, 0.6) is 0 Å². The molecule has 0 amide bonds. The first kappa shape index (κ1) is 8.82. The van der Waals surface area contributed by atoms with E-state index in [2.05, 4.69) is 0 Å². The van der Waals surface area contributed by atoms with E-state index in [0.717, 1.165) is 0 Å². The molecule has 1 atom stereocenters. The minimum Gasteiger partial charge on any atom is -0.285 e. The molecule has 1 aliphatic rings. The number of carbonyl (C=O) groups excluding carboxylic acids is 1. The molecule has 0 aromatic heterocycles. The van der Waals surface area contributed by atoms with Crippen LogP contribution in [0.25, 0.3) is 0 Å². The molecule has 1 nitrogen and oxygen atoms in total. The largest absolute Gasteiger partial charge is 0.285 e. The lowest BCUT2D eigenvalue weighted by atomic mass is 9.93. The van der Waals surface area contributed by atoms with Gasteiger partial charge in [-0.25, -0.2) is 0 Å². The zero-order chi connectivity index (χ0) is 8.48. The van der Waals surface area contributed by atoms with Crippen LogP contribution in [0.4, 0.5) is 0 Å². The Labute approximate surface area is 75.7 Å². The van der Waals surface area contributed by atoms with Crippen LogP contribution in [0.3, 0.4) is 0 Å². The first-order valence-electron chi connectivity index (χ1n) is 3.23. The van der Waals surface area contributed by atoms with Gasteiger partial charge in [0.15, 0.2) is 0 Å². The standard InChI is InChI=1S/C8H7Cl2O/c1-6-7(5-11)3-2-4-8(6,9)10/h2-4,6H,1H3. The number of alkyl halides is 2. The van der Waals surface area contributed by atoms with Gasteiger partial charge in [0.05, 0.1) is 0 Å². The monoisotopic (exact) mass is 189 g/mol. The molecule has 0 saturated carbocycles. The van der Waals surface area contributed by atoms with Gasteiger partial charge in [0.1, 0.15) is 4.33 Å². The average Bonchev–Trinajstić information content (AvgIpc) is 1.95. The van der Waals surface area contributed by atoms with Gasteiger partial charge in [0, 0.05) is 11.5 Å². The van der Waals surface area contributed by atoms with Crippen LogP contribution >= 0.6 is 23.2 Å². The van der Waals surface area contributed by atoms with Crippen molar-refractivity contribution in [3.8, 4) is 0 Å². The summed E-state index contributed by atoms with van der Waals surface area (Å²) < 4.78 is -0.957. The number of hydrogen-bond donors (Lipinski definition) is 0. The molecular formula is C8H7Cl2O. The SMILES string of the molecule is CC1C([C]=O)=CC=CC1(Cl)Cl. The Morgan fingerprint density at radius 2 is 2.27 bits per heavy atom. The van der Waals surface area contributed by atoms with E-state index in [1.54, 1.807) is 31.4 Å². The van der Waals surface area contributed by atoms with E-state index in [9.17, 15) is 4.79 Å².